The van der Waals surface area contributed by atoms with Crippen LogP contribution < -0.4 is 0 Å². The lowest BCUT2D eigenvalue weighted by atomic mass is 10.2. The summed E-state index contributed by atoms with van der Waals surface area (Å²) in [5.74, 6) is -0.947. The Kier molecular flexibility index (Phi) is 9.01. The number of carbonyl (C=O) groups is 1. The summed E-state index contributed by atoms with van der Waals surface area (Å²) in [5, 5.41) is 8.50. The average Bonchev–Trinajstić information content (AvgIpc) is 2.24. The van der Waals surface area contributed by atoms with E-state index in [4.69, 9.17) is 14.6 Å². The summed E-state index contributed by atoms with van der Waals surface area (Å²) in [7, 11) is 0. The van der Waals surface area contributed by atoms with Gasteiger partial charge in [-0.15, -0.1) is 0 Å². The first-order chi connectivity index (χ1) is 8.10. The lowest BCUT2D eigenvalue weighted by Gasteiger charge is -2.11. The monoisotopic (exact) mass is 240 g/mol. The van der Waals surface area contributed by atoms with Crippen LogP contribution in [0.2, 0.25) is 0 Å². The summed E-state index contributed by atoms with van der Waals surface area (Å²) in [5.41, 5.74) is 0.673. The van der Waals surface area contributed by atoms with Gasteiger partial charge in [0.2, 0.25) is 0 Å². The molecule has 0 aliphatic rings. The third kappa shape index (κ3) is 9.53. The fourth-order valence-corrected chi connectivity index (χ4v) is 1.09. The van der Waals surface area contributed by atoms with Gasteiger partial charge in [0.1, 0.15) is 0 Å². The van der Waals surface area contributed by atoms with Crippen LogP contribution in [0.15, 0.2) is 36.0 Å². The molecule has 1 N–H and O–H groups in total. The number of ether oxygens (including phenoxy) is 2. The van der Waals surface area contributed by atoms with Gasteiger partial charge < -0.3 is 14.6 Å². The van der Waals surface area contributed by atoms with E-state index in [9.17, 15) is 4.79 Å². The van der Waals surface area contributed by atoms with Crippen molar-refractivity contribution < 1.29 is 19.4 Å². The molecule has 0 unspecified atom stereocenters. The normalized spacial score (nSPS) is 13.1. The number of hydrogen-bond acceptors (Lipinski definition) is 3. The highest BCUT2D eigenvalue weighted by Crippen LogP contribution is 1.99. The van der Waals surface area contributed by atoms with Gasteiger partial charge in [-0.2, -0.15) is 0 Å². The standard InChI is InChI=1S/C13H20O4/c1-4-16-13(17-5-2)9-7-6-8-11(3)10-12(14)15/h6-10,13H,4-5H2,1-3H3,(H,14,15)/b8-6+,9-7+,11-10-. The van der Waals surface area contributed by atoms with Crippen LogP contribution in [0.3, 0.4) is 0 Å². The van der Waals surface area contributed by atoms with Crippen LogP contribution in [0.1, 0.15) is 20.8 Å². The molecule has 0 aromatic carbocycles. The van der Waals surface area contributed by atoms with E-state index in [2.05, 4.69) is 0 Å². The molecule has 0 fully saturated rings. The topological polar surface area (TPSA) is 55.8 Å². The van der Waals surface area contributed by atoms with Gasteiger partial charge in [-0.1, -0.05) is 18.2 Å². The largest absolute Gasteiger partial charge is 0.478 e. The van der Waals surface area contributed by atoms with Gasteiger partial charge in [-0.25, -0.2) is 4.79 Å². The van der Waals surface area contributed by atoms with E-state index < -0.39 is 5.97 Å². The molecule has 0 amide bonds. The number of carboxylic acid groups (broad SMARTS) is 1. The molecule has 4 heteroatoms. The van der Waals surface area contributed by atoms with Crippen molar-refractivity contribution >= 4 is 5.97 Å². The van der Waals surface area contributed by atoms with E-state index in [-0.39, 0.29) is 6.29 Å². The molecule has 96 valence electrons. The van der Waals surface area contributed by atoms with Crippen molar-refractivity contribution in [2.24, 2.45) is 0 Å². The van der Waals surface area contributed by atoms with Crippen LogP contribution in [-0.2, 0) is 14.3 Å². The first kappa shape index (κ1) is 15.6. The predicted octanol–water partition coefficient (Wildman–Crippen LogP) is 2.53. The zero-order chi connectivity index (χ0) is 13.1. The highest BCUT2D eigenvalue weighted by molar-refractivity contribution is 5.81. The van der Waals surface area contributed by atoms with Crippen LogP contribution in [0.25, 0.3) is 0 Å². The average molecular weight is 240 g/mol. The van der Waals surface area contributed by atoms with Crippen molar-refractivity contribution in [3.8, 4) is 0 Å². The van der Waals surface area contributed by atoms with Crippen LogP contribution >= 0.6 is 0 Å². The Balaban J connectivity index is 4.22. The summed E-state index contributed by atoms with van der Waals surface area (Å²) in [6, 6.07) is 0. The minimum Gasteiger partial charge on any atom is -0.478 e. The minimum atomic E-state index is -0.947. The van der Waals surface area contributed by atoms with Crippen LogP contribution in [0.4, 0.5) is 0 Å². The number of rotatable bonds is 8. The molecule has 17 heavy (non-hydrogen) atoms. The van der Waals surface area contributed by atoms with Crippen molar-refractivity contribution in [2.45, 2.75) is 27.1 Å². The van der Waals surface area contributed by atoms with Gasteiger partial charge in [0.05, 0.1) is 0 Å². The molecule has 0 bridgehead atoms. The maximum atomic E-state index is 10.4. The third-order valence-electron chi connectivity index (χ3n) is 1.75. The lowest BCUT2D eigenvalue weighted by molar-refractivity contribution is -0.131. The van der Waals surface area contributed by atoms with Crippen LogP contribution in [0.5, 0.6) is 0 Å². The highest BCUT2D eigenvalue weighted by Gasteiger charge is 2.00. The van der Waals surface area contributed by atoms with Gasteiger partial charge in [0.25, 0.3) is 0 Å². The van der Waals surface area contributed by atoms with Crippen molar-refractivity contribution in [3.63, 3.8) is 0 Å². The molecule has 0 aromatic heterocycles. The number of allylic oxidation sites excluding steroid dienone is 4. The molecule has 0 saturated carbocycles. The Morgan fingerprint density at radius 1 is 1.24 bits per heavy atom. The van der Waals surface area contributed by atoms with E-state index in [1.54, 1.807) is 31.2 Å². The van der Waals surface area contributed by atoms with Gasteiger partial charge >= 0.3 is 5.97 Å². The van der Waals surface area contributed by atoms with E-state index in [1.165, 1.54) is 0 Å². The van der Waals surface area contributed by atoms with Crippen molar-refractivity contribution in [1.82, 2.24) is 0 Å². The third-order valence-corrected chi connectivity index (χ3v) is 1.75. The number of carboxylic acids is 1. The molecule has 4 nitrogen and oxygen atoms in total. The molecule has 0 saturated heterocycles. The van der Waals surface area contributed by atoms with E-state index in [0.29, 0.717) is 18.8 Å². The fraction of sp³-hybridized carbons (Fsp3) is 0.462. The first-order valence-corrected chi connectivity index (χ1v) is 5.59. The molecule has 0 atom stereocenters. The van der Waals surface area contributed by atoms with Crippen LogP contribution in [-0.4, -0.2) is 30.6 Å². The highest BCUT2D eigenvalue weighted by atomic mass is 16.7. The van der Waals surface area contributed by atoms with Crippen molar-refractivity contribution in [3.05, 3.63) is 36.0 Å². The van der Waals surface area contributed by atoms with E-state index in [0.717, 1.165) is 6.08 Å². The summed E-state index contributed by atoms with van der Waals surface area (Å²) in [6.45, 7) is 6.68. The quantitative estimate of drug-likeness (QED) is 0.402. The van der Waals surface area contributed by atoms with Crippen molar-refractivity contribution in [2.75, 3.05) is 13.2 Å². The lowest BCUT2D eigenvalue weighted by Crippen LogP contribution is -2.13. The van der Waals surface area contributed by atoms with Crippen molar-refractivity contribution in [1.29, 1.82) is 0 Å². The maximum Gasteiger partial charge on any atom is 0.328 e. The number of hydrogen-bond donors (Lipinski definition) is 1. The summed E-state index contributed by atoms with van der Waals surface area (Å²) < 4.78 is 10.6. The van der Waals surface area contributed by atoms with Gasteiger partial charge in [-0.05, 0) is 32.4 Å². The second-order valence-electron chi connectivity index (χ2n) is 3.25. The Morgan fingerprint density at radius 3 is 2.29 bits per heavy atom. The number of aliphatic carboxylic acids is 1. The molecule has 0 heterocycles. The minimum absolute atomic E-state index is 0.349. The Hall–Kier alpha value is -1.39. The molecule has 0 radical (unpaired) electrons. The Morgan fingerprint density at radius 2 is 1.82 bits per heavy atom. The fourth-order valence-electron chi connectivity index (χ4n) is 1.09. The van der Waals surface area contributed by atoms with E-state index >= 15 is 0 Å². The molecule has 0 aromatic rings. The zero-order valence-electron chi connectivity index (χ0n) is 10.6. The molecule has 0 rings (SSSR count). The van der Waals surface area contributed by atoms with Gasteiger partial charge in [-0.3, -0.25) is 0 Å². The predicted molar refractivity (Wildman–Crippen MR) is 66.7 cm³/mol. The molecule has 0 aliphatic heterocycles. The molecule has 0 aliphatic carbocycles. The Labute approximate surface area is 102 Å². The van der Waals surface area contributed by atoms with Gasteiger partial charge in [0, 0.05) is 19.3 Å². The molecular weight excluding hydrogens is 220 g/mol. The molecule has 0 spiro atoms. The van der Waals surface area contributed by atoms with E-state index in [1.807, 2.05) is 13.8 Å². The Bertz CT molecular complexity index is 297. The maximum absolute atomic E-state index is 10.4. The summed E-state index contributed by atoms with van der Waals surface area (Å²) in [6.07, 6.45) is 7.80. The SMILES string of the molecule is CCOC(/C=C/C=C/C(C)=C\C(=O)O)OCC. The van der Waals surface area contributed by atoms with Crippen LogP contribution in [0, 0.1) is 0 Å². The second-order valence-corrected chi connectivity index (χ2v) is 3.25. The second kappa shape index (κ2) is 9.81. The zero-order valence-corrected chi connectivity index (χ0v) is 10.6. The summed E-state index contributed by atoms with van der Waals surface area (Å²) in [4.78, 5) is 10.4. The molecular formula is C13H20O4. The van der Waals surface area contributed by atoms with Gasteiger partial charge in [0.15, 0.2) is 6.29 Å². The first-order valence-electron chi connectivity index (χ1n) is 5.59. The summed E-state index contributed by atoms with van der Waals surface area (Å²) >= 11 is 0. The smallest absolute Gasteiger partial charge is 0.328 e.